The van der Waals surface area contributed by atoms with Gasteiger partial charge in [-0.15, -0.1) is 0 Å². The van der Waals surface area contributed by atoms with Gasteiger partial charge in [-0.25, -0.2) is 12.8 Å². The number of rotatable bonds is 4. The first-order valence-corrected chi connectivity index (χ1v) is 8.16. The zero-order valence-electron chi connectivity index (χ0n) is 11.1. The number of nitrogens with zero attached hydrogens (tertiary/aromatic N) is 1. The fourth-order valence-corrected chi connectivity index (χ4v) is 3.71. The summed E-state index contributed by atoms with van der Waals surface area (Å²) in [4.78, 5) is -0.0735. The van der Waals surface area contributed by atoms with Gasteiger partial charge in [-0.2, -0.15) is 4.31 Å². The standard InChI is InChI=1S/C14H12Cl2FNO2S/c1-18(9-10-3-2-4-12(17)7-10)21(19,20)14-8-11(15)5-6-13(14)16/h2-8H,9H2,1H3. The Morgan fingerprint density at radius 1 is 1.14 bits per heavy atom. The van der Waals surface area contributed by atoms with E-state index < -0.39 is 15.8 Å². The maximum atomic E-state index is 13.1. The molecule has 0 fully saturated rings. The van der Waals surface area contributed by atoms with Gasteiger partial charge in [0.1, 0.15) is 10.7 Å². The van der Waals surface area contributed by atoms with Gasteiger partial charge in [0.2, 0.25) is 10.0 Å². The van der Waals surface area contributed by atoms with E-state index in [0.29, 0.717) is 5.56 Å². The SMILES string of the molecule is CN(Cc1cccc(F)c1)S(=O)(=O)c1cc(Cl)ccc1Cl. The average Bonchev–Trinajstić information content (AvgIpc) is 2.41. The van der Waals surface area contributed by atoms with E-state index in [-0.39, 0.29) is 21.5 Å². The summed E-state index contributed by atoms with van der Waals surface area (Å²) in [5.41, 5.74) is 0.541. The Morgan fingerprint density at radius 2 is 1.86 bits per heavy atom. The first kappa shape index (κ1) is 16.2. The highest BCUT2D eigenvalue weighted by Gasteiger charge is 2.24. The summed E-state index contributed by atoms with van der Waals surface area (Å²) in [5, 5.41) is 0.364. The number of hydrogen-bond donors (Lipinski definition) is 0. The van der Waals surface area contributed by atoms with E-state index in [9.17, 15) is 12.8 Å². The molecule has 0 aliphatic heterocycles. The van der Waals surface area contributed by atoms with Crippen LogP contribution in [0.4, 0.5) is 4.39 Å². The minimum Gasteiger partial charge on any atom is -0.207 e. The van der Waals surface area contributed by atoms with E-state index in [1.807, 2.05) is 0 Å². The number of halogens is 3. The summed E-state index contributed by atoms with van der Waals surface area (Å²) >= 11 is 11.7. The third-order valence-corrected chi connectivity index (χ3v) is 5.40. The predicted octanol–water partition coefficient (Wildman–Crippen LogP) is 3.95. The van der Waals surface area contributed by atoms with Gasteiger partial charge in [0.25, 0.3) is 0 Å². The first-order valence-electron chi connectivity index (χ1n) is 5.96. The Kier molecular flexibility index (Phi) is 4.88. The van der Waals surface area contributed by atoms with E-state index in [1.165, 1.54) is 43.4 Å². The molecular formula is C14H12Cl2FNO2S. The van der Waals surface area contributed by atoms with Crippen molar-refractivity contribution in [3.63, 3.8) is 0 Å². The molecule has 0 aromatic heterocycles. The predicted molar refractivity (Wildman–Crippen MR) is 81.5 cm³/mol. The van der Waals surface area contributed by atoms with Crippen LogP contribution in [0.3, 0.4) is 0 Å². The summed E-state index contributed by atoms with van der Waals surface area (Å²) in [5.74, 6) is -0.418. The molecule has 0 bridgehead atoms. The van der Waals surface area contributed by atoms with Crippen LogP contribution in [0.5, 0.6) is 0 Å². The molecule has 2 rings (SSSR count). The summed E-state index contributed by atoms with van der Waals surface area (Å²) < 4.78 is 39.2. The van der Waals surface area contributed by atoms with Crippen LogP contribution in [0, 0.1) is 5.82 Å². The second kappa shape index (κ2) is 6.32. The van der Waals surface area contributed by atoms with Gasteiger partial charge in [-0.1, -0.05) is 35.3 Å². The summed E-state index contributed by atoms with van der Waals surface area (Å²) in [6, 6.07) is 9.98. The molecule has 0 saturated carbocycles. The molecule has 2 aromatic rings. The van der Waals surface area contributed by atoms with Crippen molar-refractivity contribution >= 4 is 33.2 Å². The Hall–Kier alpha value is -1.14. The largest absolute Gasteiger partial charge is 0.244 e. The molecular weight excluding hydrogens is 336 g/mol. The van der Waals surface area contributed by atoms with Crippen molar-refractivity contribution in [3.05, 3.63) is 63.9 Å². The molecule has 21 heavy (non-hydrogen) atoms. The van der Waals surface area contributed by atoms with Gasteiger partial charge in [-0.3, -0.25) is 0 Å². The Morgan fingerprint density at radius 3 is 2.52 bits per heavy atom. The van der Waals surface area contributed by atoms with E-state index in [4.69, 9.17) is 23.2 Å². The highest BCUT2D eigenvalue weighted by molar-refractivity contribution is 7.89. The smallest absolute Gasteiger partial charge is 0.207 e. The van der Waals surface area contributed by atoms with E-state index in [1.54, 1.807) is 6.07 Å². The molecule has 2 aromatic carbocycles. The molecule has 0 saturated heterocycles. The quantitative estimate of drug-likeness (QED) is 0.839. The molecule has 0 aliphatic rings. The van der Waals surface area contributed by atoms with Crippen molar-refractivity contribution in [2.75, 3.05) is 7.05 Å². The second-order valence-electron chi connectivity index (χ2n) is 4.47. The van der Waals surface area contributed by atoms with Crippen LogP contribution in [0.25, 0.3) is 0 Å². The van der Waals surface area contributed by atoms with Gasteiger partial charge in [0.05, 0.1) is 5.02 Å². The Bertz CT molecular complexity index is 765. The topological polar surface area (TPSA) is 37.4 Å². The van der Waals surface area contributed by atoms with Crippen molar-refractivity contribution in [2.45, 2.75) is 11.4 Å². The summed E-state index contributed by atoms with van der Waals surface area (Å²) in [6.07, 6.45) is 0. The van der Waals surface area contributed by atoms with E-state index in [0.717, 1.165) is 4.31 Å². The molecule has 0 spiro atoms. The van der Waals surface area contributed by atoms with Gasteiger partial charge in [0, 0.05) is 18.6 Å². The molecule has 0 unspecified atom stereocenters. The third kappa shape index (κ3) is 3.74. The maximum absolute atomic E-state index is 13.1. The molecule has 0 amide bonds. The molecule has 3 nitrogen and oxygen atoms in total. The van der Waals surface area contributed by atoms with Crippen molar-refractivity contribution < 1.29 is 12.8 Å². The second-order valence-corrected chi connectivity index (χ2v) is 7.32. The maximum Gasteiger partial charge on any atom is 0.244 e. The van der Waals surface area contributed by atoms with Crippen LogP contribution in [-0.4, -0.2) is 19.8 Å². The normalized spacial score (nSPS) is 11.9. The van der Waals surface area contributed by atoms with Crippen molar-refractivity contribution in [2.24, 2.45) is 0 Å². The van der Waals surface area contributed by atoms with Gasteiger partial charge >= 0.3 is 0 Å². The highest BCUT2D eigenvalue weighted by Crippen LogP contribution is 2.27. The fraction of sp³-hybridized carbons (Fsp3) is 0.143. The van der Waals surface area contributed by atoms with Crippen LogP contribution < -0.4 is 0 Å². The molecule has 0 aliphatic carbocycles. The number of sulfonamides is 1. The minimum atomic E-state index is -3.81. The Balaban J connectivity index is 2.33. The molecule has 0 heterocycles. The summed E-state index contributed by atoms with van der Waals surface area (Å²) in [7, 11) is -2.41. The molecule has 0 atom stereocenters. The number of hydrogen-bond acceptors (Lipinski definition) is 2. The third-order valence-electron chi connectivity index (χ3n) is 2.88. The monoisotopic (exact) mass is 347 g/mol. The zero-order valence-corrected chi connectivity index (χ0v) is 13.4. The van der Waals surface area contributed by atoms with Crippen molar-refractivity contribution in [3.8, 4) is 0 Å². The van der Waals surface area contributed by atoms with Crippen LogP contribution in [0.1, 0.15) is 5.56 Å². The van der Waals surface area contributed by atoms with Crippen molar-refractivity contribution in [1.82, 2.24) is 4.31 Å². The van der Waals surface area contributed by atoms with E-state index in [2.05, 4.69) is 0 Å². The molecule has 112 valence electrons. The van der Waals surface area contributed by atoms with Crippen LogP contribution in [0.15, 0.2) is 47.4 Å². The first-order chi connectivity index (χ1) is 9.80. The lowest BCUT2D eigenvalue weighted by molar-refractivity contribution is 0.465. The molecule has 7 heteroatoms. The van der Waals surface area contributed by atoms with Crippen LogP contribution in [0.2, 0.25) is 10.0 Å². The van der Waals surface area contributed by atoms with E-state index >= 15 is 0 Å². The van der Waals surface area contributed by atoms with Crippen molar-refractivity contribution in [1.29, 1.82) is 0 Å². The molecule has 0 radical (unpaired) electrons. The lowest BCUT2D eigenvalue weighted by Crippen LogP contribution is -2.26. The fourth-order valence-electron chi connectivity index (χ4n) is 1.82. The number of benzene rings is 2. The van der Waals surface area contributed by atoms with Crippen LogP contribution >= 0.6 is 23.2 Å². The van der Waals surface area contributed by atoms with Gasteiger partial charge in [0.15, 0.2) is 0 Å². The highest BCUT2D eigenvalue weighted by atomic mass is 35.5. The molecule has 0 N–H and O–H groups in total. The average molecular weight is 348 g/mol. The Labute approximate surface area is 133 Å². The lowest BCUT2D eigenvalue weighted by Gasteiger charge is -2.18. The van der Waals surface area contributed by atoms with Gasteiger partial charge in [-0.05, 0) is 35.9 Å². The van der Waals surface area contributed by atoms with Crippen LogP contribution in [-0.2, 0) is 16.6 Å². The zero-order chi connectivity index (χ0) is 15.6. The lowest BCUT2D eigenvalue weighted by atomic mass is 10.2. The minimum absolute atomic E-state index is 0.0307. The summed E-state index contributed by atoms with van der Waals surface area (Å²) in [6.45, 7) is 0.0307. The van der Waals surface area contributed by atoms with Gasteiger partial charge < -0.3 is 0 Å².